The number of nitrogens with zero attached hydrogens (tertiary/aromatic N) is 4. The van der Waals surface area contributed by atoms with Crippen molar-refractivity contribution in [1.29, 1.82) is 0 Å². The zero-order valence-corrected chi connectivity index (χ0v) is 37.9. The molecule has 0 aromatic rings. The van der Waals surface area contributed by atoms with Crippen LogP contribution in [0.5, 0.6) is 0 Å². The van der Waals surface area contributed by atoms with E-state index in [2.05, 4.69) is 37.5 Å². The van der Waals surface area contributed by atoms with Crippen molar-refractivity contribution < 1.29 is 58.0 Å². The summed E-state index contributed by atoms with van der Waals surface area (Å²) >= 11 is 0. The maximum atomic E-state index is 12.9. The molecule has 0 aromatic heterocycles. The average Bonchev–Trinajstić information content (AvgIpc) is 4.21. The number of hydrogen-bond donors (Lipinski definition) is 2. The summed E-state index contributed by atoms with van der Waals surface area (Å²) in [5.74, 6) is -2.51. The molecule has 4 saturated carbocycles. The van der Waals surface area contributed by atoms with E-state index in [-0.39, 0.29) is 121 Å². The van der Waals surface area contributed by atoms with Crippen LogP contribution in [0.4, 0.5) is 0 Å². The van der Waals surface area contributed by atoms with Gasteiger partial charge in [-0.3, -0.25) is 58.0 Å². The van der Waals surface area contributed by atoms with Crippen molar-refractivity contribution >= 4 is 47.3 Å². The number of fused-ring (bicyclic) bond motifs is 12. The number of imide groups is 4. The number of rotatable bonds is 16. The molecule has 12 unspecified atom stereocenters. The maximum absolute atomic E-state index is 12.9. The van der Waals surface area contributed by atoms with Crippen molar-refractivity contribution in [1.82, 2.24) is 19.6 Å². The smallest absolute Gasteiger partial charge is 0.233 e. The second-order valence-electron chi connectivity index (χ2n) is 19.5. The molecule has 16 atom stereocenters. The molecule has 356 valence electrons. The average molecular weight is 913 g/mol. The molecular formula is C50H64N4O12. The van der Waals surface area contributed by atoms with Crippen LogP contribution in [0.2, 0.25) is 0 Å². The molecule has 0 radical (unpaired) electrons. The first kappa shape index (κ1) is 47.6. The lowest BCUT2D eigenvalue weighted by Crippen LogP contribution is -2.35. The molecule has 16 nitrogen and oxygen atoms in total. The first-order valence-corrected chi connectivity index (χ1v) is 23.9. The Bertz CT molecular complexity index is 1970. The molecule has 8 amide bonds. The van der Waals surface area contributed by atoms with E-state index in [0.29, 0.717) is 69.4 Å². The minimum absolute atomic E-state index is 0.00430. The van der Waals surface area contributed by atoms with Gasteiger partial charge in [0.1, 0.15) is 0 Å². The number of carbonyl (C=O) groups is 8. The van der Waals surface area contributed by atoms with Gasteiger partial charge in [-0.15, -0.1) is 13.2 Å². The molecule has 10 rings (SSSR count). The predicted molar refractivity (Wildman–Crippen MR) is 236 cm³/mol. The quantitative estimate of drug-likeness (QED) is 0.130. The number of methoxy groups -OCH3 is 1. The van der Waals surface area contributed by atoms with Crippen molar-refractivity contribution in [3.63, 3.8) is 0 Å². The number of carbonyl (C=O) groups excluding carboxylic acids is 8. The zero-order chi connectivity index (χ0) is 47.1. The summed E-state index contributed by atoms with van der Waals surface area (Å²) in [4.78, 5) is 105. The van der Waals surface area contributed by atoms with Crippen LogP contribution < -0.4 is 0 Å². The molecular weight excluding hydrogens is 849 g/mol. The molecule has 4 heterocycles. The third kappa shape index (κ3) is 7.98. The van der Waals surface area contributed by atoms with E-state index in [1.807, 2.05) is 19.1 Å². The van der Waals surface area contributed by atoms with E-state index in [9.17, 15) is 48.6 Å². The topological polar surface area (TPSA) is 208 Å². The summed E-state index contributed by atoms with van der Waals surface area (Å²) in [6.45, 7) is 11.6. The summed E-state index contributed by atoms with van der Waals surface area (Å²) in [5.41, 5.74) is 0. The minimum Gasteiger partial charge on any atom is -0.395 e. The lowest BCUT2D eigenvalue weighted by Gasteiger charge is -2.19. The molecule has 66 heavy (non-hydrogen) atoms. The van der Waals surface area contributed by atoms with Gasteiger partial charge in [-0.1, -0.05) is 55.5 Å². The second kappa shape index (κ2) is 19.7. The Kier molecular flexibility index (Phi) is 14.2. The number of amides is 8. The highest BCUT2D eigenvalue weighted by Gasteiger charge is 2.61. The summed E-state index contributed by atoms with van der Waals surface area (Å²) in [5, 5.41) is 18.5. The van der Waals surface area contributed by atoms with E-state index >= 15 is 0 Å². The Hall–Kier alpha value is -4.90. The summed E-state index contributed by atoms with van der Waals surface area (Å²) < 4.78 is 10.3. The maximum Gasteiger partial charge on any atom is 0.233 e. The monoisotopic (exact) mass is 912 g/mol. The van der Waals surface area contributed by atoms with E-state index in [1.165, 1.54) is 9.80 Å². The highest BCUT2D eigenvalue weighted by molar-refractivity contribution is 6.08. The highest BCUT2D eigenvalue weighted by atomic mass is 16.5. The first-order valence-electron chi connectivity index (χ1n) is 23.9. The van der Waals surface area contributed by atoms with Gasteiger partial charge in [0.05, 0.1) is 99.9 Å². The van der Waals surface area contributed by atoms with Gasteiger partial charge in [-0.05, 0) is 79.4 Å². The lowest BCUT2D eigenvalue weighted by molar-refractivity contribution is -0.143. The molecule has 0 aromatic carbocycles. The third-order valence-corrected chi connectivity index (χ3v) is 16.2. The fourth-order valence-corrected chi connectivity index (χ4v) is 13.3. The van der Waals surface area contributed by atoms with Crippen molar-refractivity contribution in [2.75, 3.05) is 66.3 Å². The number of hydrogen-bond acceptors (Lipinski definition) is 12. The molecule has 2 N–H and O–H groups in total. The van der Waals surface area contributed by atoms with Gasteiger partial charge in [0.25, 0.3) is 0 Å². The van der Waals surface area contributed by atoms with E-state index in [1.54, 1.807) is 19.3 Å². The van der Waals surface area contributed by atoms with Crippen LogP contribution >= 0.6 is 0 Å². The van der Waals surface area contributed by atoms with Gasteiger partial charge in [0, 0.05) is 13.7 Å². The number of likely N-dealkylation sites (tertiary alicyclic amines) is 4. The van der Waals surface area contributed by atoms with Gasteiger partial charge >= 0.3 is 0 Å². The molecule has 4 aliphatic heterocycles. The number of aliphatic hydroxyl groups excluding tert-OH is 2. The normalized spacial score (nSPS) is 38.5. The Labute approximate surface area is 385 Å². The van der Waals surface area contributed by atoms with Crippen LogP contribution in [0.1, 0.15) is 39.0 Å². The van der Waals surface area contributed by atoms with Gasteiger partial charge in [0.2, 0.25) is 47.3 Å². The molecule has 4 saturated heterocycles. The zero-order valence-electron chi connectivity index (χ0n) is 37.9. The predicted octanol–water partition coefficient (Wildman–Crippen LogP) is 2.03. The van der Waals surface area contributed by atoms with E-state index < -0.39 is 23.7 Å². The summed E-state index contributed by atoms with van der Waals surface area (Å²) in [6, 6.07) is 0. The van der Waals surface area contributed by atoms with Crippen LogP contribution in [0, 0.1) is 94.7 Å². The number of β-amino-alcohol motifs (C(OH)–C–C–N with tert-alkyl or cyclic N) is 2. The Balaban J connectivity index is 0.000000146. The standard InChI is InChI=1S/C24H30N2O6.C14H19NO3.C12H15NO3/c1-3-13-11-15(19-17(13)21(29)25(7-9-27)23(19)31)5-6-16-12-14(4-2)18-20(16)24(32)26(8-10-28)22(18)30;1-2-6-18-7-5-15-13(16)11-9-3-4-10(8-9)12(11)14(15)17;1-16-5-4-13-11(14)9-7-2-3-8(6-7)10(9)12(13)15/h3-6,13-20,27-28H,1-2,7-12H2;3-4,9-12H,2,5-8H2,1H3;2-3,7-10H,4-6H2,1H3/b6-5-;;/t;9?,10?,11-,12+;7?,8?,9-,10+. The highest BCUT2D eigenvalue weighted by Crippen LogP contribution is 2.54. The molecule has 16 heteroatoms. The lowest BCUT2D eigenvalue weighted by atomic mass is 9.85. The van der Waals surface area contributed by atoms with Crippen molar-refractivity contribution in [2.45, 2.75) is 39.0 Å². The van der Waals surface area contributed by atoms with Crippen LogP contribution in [-0.2, 0) is 47.8 Å². The van der Waals surface area contributed by atoms with Crippen molar-refractivity contribution in [2.24, 2.45) is 94.7 Å². The summed E-state index contributed by atoms with van der Waals surface area (Å²) in [6.07, 6.45) is 20.0. The van der Waals surface area contributed by atoms with Gasteiger partial charge in [-0.2, -0.15) is 0 Å². The second-order valence-corrected chi connectivity index (χ2v) is 19.5. The largest absolute Gasteiger partial charge is 0.395 e. The molecule has 0 spiro atoms. The fourth-order valence-electron chi connectivity index (χ4n) is 13.3. The van der Waals surface area contributed by atoms with Crippen molar-refractivity contribution in [3.05, 3.63) is 61.8 Å². The molecule has 10 aliphatic rings. The molecule has 4 bridgehead atoms. The van der Waals surface area contributed by atoms with Gasteiger partial charge < -0.3 is 19.7 Å². The number of ether oxygens (including phenoxy) is 2. The Morgan fingerprint density at radius 2 is 0.803 bits per heavy atom. The Morgan fingerprint density at radius 3 is 1.12 bits per heavy atom. The first-order chi connectivity index (χ1) is 31.9. The fraction of sp³-hybridized carbons (Fsp3) is 0.640. The van der Waals surface area contributed by atoms with Crippen LogP contribution in [0.3, 0.4) is 0 Å². The van der Waals surface area contributed by atoms with E-state index in [4.69, 9.17) is 9.47 Å². The third-order valence-electron chi connectivity index (χ3n) is 16.2. The Morgan fingerprint density at radius 1 is 0.485 bits per heavy atom. The molecule has 6 aliphatic carbocycles. The summed E-state index contributed by atoms with van der Waals surface area (Å²) in [7, 11) is 1.58. The number of aliphatic hydroxyl groups is 2. The van der Waals surface area contributed by atoms with Crippen LogP contribution in [0.15, 0.2) is 61.8 Å². The van der Waals surface area contributed by atoms with E-state index in [0.717, 1.165) is 29.1 Å². The van der Waals surface area contributed by atoms with Crippen LogP contribution in [-0.4, -0.2) is 143 Å². The van der Waals surface area contributed by atoms with Gasteiger partial charge in [0.15, 0.2) is 0 Å². The SMILES string of the molecule is C=CC1CC(/C=C\C2CC(C=C)C3C(=O)N(CCO)C(=O)C23)C2C(=O)N(CCO)C(=O)C12.CCCOCCN1C(=O)[C@@H]2C3C=CC(C3)[C@@H]2C1=O.COCCN1C(=O)[C@@H]2C3C=CC(C3)[C@@H]2C1=O. The van der Waals surface area contributed by atoms with Crippen molar-refractivity contribution in [3.8, 4) is 0 Å². The van der Waals surface area contributed by atoms with Crippen LogP contribution in [0.25, 0.3) is 0 Å². The number of allylic oxidation sites excluding steroid dienone is 8. The molecule has 8 fully saturated rings. The minimum atomic E-state index is -0.493. The van der Waals surface area contributed by atoms with Gasteiger partial charge in [-0.25, -0.2) is 0 Å².